The Labute approximate surface area is 459 Å². The molecule has 0 bridgehead atoms. The Morgan fingerprint density at radius 1 is 0.346 bits per heavy atom. The van der Waals surface area contributed by atoms with Crippen molar-refractivity contribution in [1.29, 1.82) is 0 Å². The van der Waals surface area contributed by atoms with E-state index in [1.165, 1.54) is 149 Å². The van der Waals surface area contributed by atoms with Crippen LogP contribution < -0.4 is 14.2 Å². The first-order chi connectivity index (χ1) is 37.9. The van der Waals surface area contributed by atoms with Crippen molar-refractivity contribution in [2.75, 3.05) is 0 Å². The van der Waals surface area contributed by atoms with Crippen molar-refractivity contribution in [1.82, 2.24) is 0 Å². The average Bonchev–Trinajstić information content (AvgIpc) is 3.46. The molecule has 0 heterocycles. The minimum absolute atomic E-state index is 0.145. The molecule has 3 aliphatic carbocycles. The van der Waals surface area contributed by atoms with Gasteiger partial charge < -0.3 is 14.2 Å². The number of halogens is 6. The number of benzene rings is 6. The Morgan fingerprint density at radius 2 is 0.590 bits per heavy atom. The van der Waals surface area contributed by atoms with Crippen molar-refractivity contribution >= 4 is 0 Å². The van der Waals surface area contributed by atoms with Crippen LogP contribution in [-0.4, -0.2) is 19.8 Å². The molecule has 3 aliphatic rings. The smallest absolute Gasteiger partial charge is 0.387 e. The van der Waals surface area contributed by atoms with Crippen LogP contribution in [0.3, 0.4) is 0 Å². The SMILES string of the molecule is CC1CCC(c2ccc(C#Cc3ccc(OC(F)F)cc3)cc2)CC1.CCC1CCC(c2ccc(C#Cc3ccc(OC(F)F)cc3)cc2)CC1.CCCC1CCC(c2ccc(C#Cc3ccc(OC(F)F)cc3)cc2)CC1. The topological polar surface area (TPSA) is 27.7 Å². The second-order valence-corrected chi connectivity index (χ2v) is 20.9. The minimum atomic E-state index is -2.80. The summed E-state index contributed by atoms with van der Waals surface area (Å²) in [6.45, 7) is -1.51. The van der Waals surface area contributed by atoms with Crippen molar-refractivity contribution in [3.8, 4) is 52.8 Å². The molecule has 0 N–H and O–H groups in total. The van der Waals surface area contributed by atoms with E-state index in [0.29, 0.717) is 17.8 Å². The third-order valence-corrected chi connectivity index (χ3v) is 15.4. The van der Waals surface area contributed by atoms with Crippen LogP contribution in [0.5, 0.6) is 17.2 Å². The van der Waals surface area contributed by atoms with Gasteiger partial charge in [0.05, 0.1) is 0 Å². The second kappa shape index (κ2) is 30.8. The van der Waals surface area contributed by atoms with Gasteiger partial charge in [-0.15, -0.1) is 0 Å². The standard InChI is InChI=1S/C24H26F2O.C23H24F2O.C22H22F2O/c1-2-3-18-6-12-21(13-7-18)22-14-8-19(9-15-22)4-5-20-10-16-23(17-11-20)27-24(25)26;1-2-17-5-11-20(12-6-17)21-13-7-18(8-14-21)3-4-19-9-15-22(16-10-19)26-23(24)25;1-16-2-10-19(11-3-16)20-12-6-17(7-13-20)4-5-18-8-14-21(15-9-18)25-22(23)24/h8-11,14-18,21,24H,2-3,6-7,12-13H2,1H3;7-10,13-17,20,23H,2,5-6,11-12H2,1H3;6-9,12-16,19,22H,2-3,10-11H2,1H3. The van der Waals surface area contributed by atoms with Crippen LogP contribution in [0.25, 0.3) is 0 Å². The Balaban J connectivity index is 0.000000170. The fourth-order valence-electron chi connectivity index (χ4n) is 10.8. The fraction of sp³-hybridized carbons (Fsp3) is 0.391. The molecule has 3 nitrogen and oxygen atoms in total. The monoisotopic (exact) mass is 1060 g/mol. The molecular weight excluding hydrogens is 991 g/mol. The average molecular weight is 1060 g/mol. The molecular formula is C69H72F6O3. The Kier molecular flexibility index (Phi) is 23.2. The zero-order valence-electron chi connectivity index (χ0n) is 45.2. The van der Waals surface area contributed by atoms with E-state index in [-0.39, 0.29) is 17.2 Å². The van der Waals surface area contributed by atoms with Crippen LogP contribution in [0, 0.1) is 53.3 Å². The summed E-state index contributed by atoms with van der Waals surface area (Å²) >= 11 is 0. The van der Waals surface area contributed by atoms with Gasteiger partial charge in [-0.05, 0) is 226 Å². The van der Waals surface area contributed by atoms with Gasteiger partial charge in [-0.3, -0.25) is 0 Å². The molecule has 9 rings (SSSR count). The van der Waals surface area contributed by atoms with Gasteiger partial charge in [0.15, 0.2) is 0 Å². The largest absolute Gasteiger partial charge is 0.435 e. The van der Waals surface area contributed by atoms with Gasteiger partial charge in [-0.1, -0.05) is 125 Å². The van der Waals surface area contributed by atoms with E-state index in [2.05, 4.69) is 143 Å². The Bertz CT molecular complexity index is 2880. The molecule has 0 unspecified atom stereocenters. The van der Waals surface area contributed by atoms with Gasteiger partial charge in [0.1, 0.15) is 17.2 Å². The van der Waals surface area contributed by atoms with E-state index in [1.54, 1.807) is 36.4 Å². The number of rotatable bonds is 12. The molecule has 0 saturated heterocycles. The van der Waals surface area contributed by atoms with Gasteiger partial charge in [-0.25, -0.2) is 0 Å². The summed E-state index contributed by atoms with van der Waals surface area (Å²) in [6, 6.07) is 44.7. The first kappa shape index (κ1) is 58.7. The van der Waals surface area contributed by atoms with Crippen molar-refractivity contribution in [3.63, 3.8) is 0 Å². The summed E-state index contributed by atoms with van der Waals surface area (Å²) in [5, 5.41) is 0. The normalized spacial score (nSPS) is 19.7. The number of hydrogen-bond acceptors (Lipinski definition) is 3. The maximum Gasteiger partial charge on any atom is 0.387 e. The number of hydrogen-bond donors (Lipinski definition) is 0. The van der Waals surface area contributed by atoms with E-state index in [0.717, 1.165) is 51.1 Å². The minimum Gasteiger partial charge on any atom is -0.435 e. The lowest BCUT2D eigenvalue weighted by Gasteiger charge is -2.28. The summed E-state index contributed by atoms with van der Waals surface area (Å²) in [5.41, 5.74) is 9.44. The summed E-state index contributed by atoms with van der Waals surface area (Å²) in [4.78, 5) is 0. The lowest BCUT2D eigenvalue weighted by atomic mass is 9.77. The van der Waals surface area contributed by atoms with E-state index in [9.17, 15) is 26.3 Å². The van der Waals surface area contributed by atoms with Crippen LogP contribution in [0.1, 0.15) is 185 Å². The zero-order valence-corrected chi connectivity index (χ0v) is 45.2. The molecule has 0 spiro atoms. The quantitative estimate of drug-likeness (QED) is 0.0903. The van der Waals surface area contributed by atoms with Crippen LogP contribution in [0.15, 0.2) is 146 Å². The molecule has 6 aromatic carbocycles. The van der Waals surface area contributed by atoms with Crippen molar-refractivity contribution in [2.45, 2.75) is 155 Å². The van der Waals surface area contributed by atoms with E-state index in [4.69, 9.17) is 0 Å². The molecule has 0 amide bonds. The predicted octanol–water partition coefficient (Wildman–Crippen LogP) is 19.1. The van der Waals surface area contributed by atoms with Crippen LogP contribution in [0.2, 0.25) is 0 Å². The Hall–Kier alpha value is -7.02. The second-order valence-electron chi connectivity index (χ2n) is 20.9. The first-order valence-corrected chi connectivity index (χ1v) is 27.9. The summed E-state index contributed by atoms with van der Waals surface area (Å²) in [7, 11) is 0. The molecule has 3 fully saturated rings. The Morgan fingerprint density at radius 3 is 0.833 bits per heavy atom. The molecule has 408 valence electrons. The number of alkyl halides is 6. The zero-order chi connectivity index (χ0) is 55.1. The predicted molar refractivity (Wildman–Crippen MR) is 301 cm³/mol. The first-order valence-electron chi connectivity index (χ1n) is 27.9. The third kappa shape index (κ3) is 19.8. The lowest BCUT2D eigenvalue weighted by molar-refractivity contribution is -0.0505. The highest BCUT2D eigenvalue weighted by atomic mass is 19.3. The van der Waals surface area contributed by atoms with Crippen molar-refractivity contribution in [2.24, 2.45) is 17.8 Å². The molecule has 3 saturated carbocycles. The van der Waals surface area contributed by atoms with Gasteiger partial charge in [0, 0.05) is 33.4 Å². The van der Waals surface area contributed by atoms with Gasteiger partial charge in [0.25, 0.3) is 0 Å². The molecule has 78 heavy (non-hydrogen) atoms. The van der Waals surface area contributed by atoms with Gasteiger partial charge in [-0.2, -0.15) is 26.3 Å². The summed E-state index contributed by atoms with van der Waals surface area (Å²) < 4.78 is 85.9. The van der Waals surface area contributed by atoms with Crippen LogP contribution in [-0.2, 0) is 0 Å². The summed E-state index contributed by atoms with van der Waals surface area (Å²) in [5.74, 6) is 23.7. The van der Waals surface area contributed by atoms with E-state index < -0.39 is 19.8 Å². The molecule has 0 aliphatic heterocycles. The van der Waals surface area contributed by atoms with Crippen LogP contribution in [0.4, 0.5) is 26.3 Å². The molecule has 0 radical (unpaired) electrons. The summed E-state index contributed by atoms with van der Waals surface area (Å²) in [6.07, 6.45) is 19.7. The highest BCUT2D eigenvalue weighted by Gasteiger charge is 2.23. The van der Waals surface area contributed by atoms with E-state index >= 15 is 0 Å². The van der Waals surface area contributed by atoms with E-state index in [1.807, 2.05) is 0 Å². The number of ether oxygens (including phenoxy) is 3. The molecule has 0 atom stereocenters. The maximum absolute atomic E-state index is 12.2. The van der Waals surface area contributed by atoms with Crippen LogP contribution >= 0.6 is 0 Å². The molecule has 6 aromatic rings. The third-order valence-electron chi connectivity index (χ3n) is 15.4. The lowest BCUT2D eigenvalue weighted by Crippen LogP contribution is -2.13. The highest BCUT2D eigenvalue weighted by molar-refractivity contribution is 5.48. The fourth-order valence-corrected chi connectivity index (χ4v) is 10.8. The van der Waals surface area contributed by atoms with Crippen molar-refractivity contribution < 1.29 is 40.6 Å². The van der Waals surface area contributed by atoms with Gasteiger partial charge in [0.2, 0.25) is 0 Å². The maximum atomic E-state index is 12.2. The molecule has 0 aromatic heterocycles. The van der Waals surface area contributed by atoms with Gasteiger partial charge >= 0.3 is 19.8 Å². The molecule has 9 heteroatoms. The van der Waals surface area contributed by atoms with Crippen molar-refractivity contribution in [3.05, 3.63) is 196 Å². The highest BCUT2D eigenvalue weighted by Crippen LogP contribution is 2.39.